The molecule has 1 rings (SSSR count). The van der Waals surface area contributed by atoms with Crippen LogP contribution in [0.1, 0.15) is 19.4 Å². The highest BCUT2D eigenvalue weighted by Gasteiger charge is 1.94. The molecule has 0 fully saturated rings. The van der Waals surface area contributed by atoms with Crippen LogP contribution in [0, 0.1) is 11.3 Å². The second kappa shape index (κ2) is 5.70. The molecule has 3 heteroatoms. The Hall–Kier alpha value is -1.07. The zero-order valence-corrected chi connectivity index (χ0v) is 7.26. The van der Waals surface area contributed by atoms with Gasteiger partial charge >= 0.3 is 0 Å². The highest BCUT2D eigenvalue weighted by Crippen LogP contribution is 2.08. The van der Waals surface area contributed by atoms with E-state index in [4.69, 9.17) is 16.9 Å². The second-order valence-corrected chi connectivity index (χ2v) is 1.81. The molecule has 0 saturated carbocycles. The number of pyridine rings is 1. The van der Waals surface area contributed by atoms with E-state index in [0.29, 0.717) is 5.56 Å². The first-order valence-corrected chi connectivity index (χ1v) is 3.73. The van der Waals surface area contributed by atoms with Crippen LogP contribution < -0.4 is 0 Å². The Bertz CT molecular complexity index is 253. The topological polar surface area (TPSA) is 36.7 Å². The number of rotatable bonds is 0. The fourth-order valence-corrected chi connectivity index (χ4v) is 0.631. The van der Waals surface area contributed by atoms with Gasteiger partial charge in [-0.05, 0) is 12.1 Å². The molecule has 1 aromatic rings. The van der Waals surface area contributed by atoms with E-state index in [1.165, 1.54) is 0 Å². The van der Waals surface area contributed by atoms with Gasteiger partial charge in [-0.15, -0.1) is 0 Å². The van der Waals surface area contributed by atoms with Gasteiger partial charge in [0, 0.05) is 6.20 Å². The molecule has 0 amide bonds. The first-order valence-electron chi connectivity index (χ1n) is 3.35. The molecule has 0 aliphatic carbocycles. The van der Waals surface area contributed by atoms with Crippen molar-refractivity contribution >= 4 is 11.6 Å². The zero-order valence-electron chi connectivity index (χ0n) is 6.50. The predicted octanol–water partition coefficient (Wildman–Crippen LogP) is 2.63. The molecule has 0 N–H and O–H groups in total. The van der Waals surface area contributed by atoms with Gasteiger partial charge in [-0.2, -0.15) is 5.26 Å². The van der Waals surface area contributed by atoms with Crippen molar-refractivity contribution in [3.05, 3.63) is 29.0 Å². The number of halogens is 1. The number of aromatic nitrogens is 1. The van der Waals surface area contributed by atoms with Crippen LogP contribution in [0.3, 0.4) is 0 Å². The summed E-state index contributed by atoms with van der Waals surface area (Å²) in [6, 6.07) is 5.19. The van der Waals surface area contributed by atoms with E-state index in [1.807, 2.05) is 19.9 Å². The van der Waals surface area contributed by atoms with Gasteiger partial charge in [0.1, 0.15) is 11.2 Å². The van der Waals surface area contributed by atoms with Gasteiger partial charge in [0.15, 0.2) is 0 Å². The lowest BCUT2D eigenvalue weighted by Gasteiger charge is -1.87. The second-order valence-electron chi connectivity index (χ2n) is 1.45. The minimum atomic E-state index is 0.264. The molecular weight excluding hydrogens is 160 g/mol. The molecule has 2 nitrogen and oxygen atoms in total. The number of hydrogen-bond acceptors (Lipinski definition) is 2. The summed E-state index contributed by atoms with van der Waals surface area (Å²) in [6.07, 6.45) is 1.54. The minimum Gasteiger partial charge on any atom is -0.243 e. The molecule has 1 aromatic heterocycles. The Kier molecular flexibility index (Phi) is 5.14. The predicted molar refractivity (Wildman–Crippen MR) is 45.3 cm³/mol. The van der Waals surface area contributed by atoms with Crippen LogP contribution in [0.5, 0.6) is 0 Å². The van der Waals surface area contributed by atoms with Crippen LogP contribution in [0.2, 0.25) is 5.15 Å². The summed E-state index contributed by atoms with van der Waals surface area (Å²) in [7, 11) is 0. The lowest BCUT2D eigenvalue weighted by molar-refractivity contribution is 1.30. The van der Waals surface area contributed by atoms with E-state index in [1.54, 1.807) is 18.3 Å². The Morgan fingerprint density at radius 1 is 1.55 bits per heavy atom. The van der Waals surface area contributed by atoms with Crippen molar-refractivity contribution in [3.63, 3.8) is 0 Å². The average Bonchev–Trinajstić information content (AvgIpc) is 2.09. The molecule has 0 aliphatic heterocycles. The summed E-state index contributed by atoms with van der Waals surface area (Å²) in [5.74, 6) is 0. The van der Waals surface area contributed by atoms with Crippen molar-refractivity contribution in [2.24, 2.45) is 0 Å². The van der Waals surface area contributed by atoms with E-state index >= 15 is 0 Å². The monoisotopic (exact) mass is 168 g/mol. The fraction of sp³-hybridized carbons (Fsp3) is 0.250. The number of nitrogens with zero attached hydrogens (tertiary/aromatic N) is 2. The Morgan fingerprint density at radius 2 is 2.18 bits per heavy atom. The summed E-state index contributed by atoms with van der Waals surface area (Å²) in [5.41, 5.74) is 0.416. The lowest BCUT2D eigenvalue weighted by Crippen LogP contribution is -1.77. The Morgan fingerprint density at radius 3 is 2.55 bits per heavy atom. The molecule has 58 valence electrons. The molecule has 0 spiro atoms. The molecular formula is C8H9ClN2. The molecule has 1 heterocycles. The summed E-state index contributed by atoms with van der Waals surface area (Å²) in [6.45, 7) is 4.00. The van der Waals surface area contributed by atoms with Crippen molar-refractivity contribution in [2.45, 2.75) is 13.8 Å². The molecule has 0 radical (unpaired) electrons. The summed E-state index contributed by atoms with van der Waals surface area (Å²) in [5, 5.41) is 8.61. The number of hydrogen-bond donors (Lipinski definition) is 0. The van der Waals surface area contributed by atoms with Crippen LogP contribution >= 0.6 is 11.6 Å². The normalized spacial score (nSPS) is 7.45. The van der Waals surface area contributed by atoms with Gasteiger partial charge in [-0.1, -0.05) is 25.4 Å². The first kappa shape index (κ1) is 9.93. The Labute approximate surface area is 71.4 Å². The molecule has 0 unspecified atom stereocenters. The summed E-state index contributed by atoms with van der Waals surface area (Å²) >= 11 is 5.49. The van der Waals surface area contributed by atoms with Crippen LogP contribution in [-0.4, -0.2) is 4.98 Å². The maximum Gasteiger partial charge on any atom is 0.146 e. The SMILES string of the molecule is CC.N#Cc1cccnc1Cl. The van der Waals surface area contributed by atoms with Gasteiger partial charge in [0.2, 0.25) is 0 Å². The smallest absolute Gasteiger partial charge is 0.146 e. The van der Waals surface area contributed by atoms with Crippen molar-refractivity contribution in [1.29, 1.82) is 5.26 Å². The minimum absolute atomic E-state index is 0.264. The van der Waals surface area contributed by atoms with E-state index in [2.05, 4.69) is 4.98 Å². The fourth-order valence-electron chi connectivity index (χ4n) is 0.469. The average molecular weight is 169 g/mol. The van der Waals surface area contributed by atoms with Crippen LogP contribution in [-0.2, 0) is 0 Å². The van der Waals surface area contributed by atoms with Gasteiger partial charge in [0.25, 0.3) is 0 Å². The van der Waals surface area contributed by atoms with Crippen molar-refractivity contribution < 1.29 is 0 Å². The van der Waals surface area contributed by atoms with E-state index in [-0.39, 0.29) is 5.15 Å². The largest absolute Gasteiger partial charge is 0.243 e. The van der Waals surface area contributed by atoms with E-state index in [0.717, 1.165) is 0 Å². The molecule has 11 heavy (non-hydrogen) atoms. The Balaban J connectivity index is 0.000000461. The third kappa shape index (κ3) is 3.01. The van der Waals surface area contributed by atoms with Crippen molar-refractivity contribution in [3.8, 4) is 6.07 Å². The quantitative estimate of drug-likeness (QED) is 0.559. The maximum absolute atomic E-state index is 8.34. The lowest BCUT2D eigenvalue weighted by atomic mass is 10.3. The highest BCUT2D eigenvalue weighted by molar-refractivity contribution is 6.30. The van der Waals surface area contributed by atoms with Gasteiger partial charge in [0.05, 0.1) is 5.56 Å². The zero-order chi connectivity index (χ0) is 8.69. The molecule has 0 saturated heterocycles. The molecule has 0 bridgehead atoms. The van der Waals surface area contributed by atoms with Crippen molar-refractivity contribution in [2.75, 3.05) is 0 Å². The van der Waals surface area contributed by atoms with Crippen LogP contribution in [0.25, 0.3) is 0 Å². The van der Waals surface area contributed by atoms with Crippen LogP contribution in [0.4, 0.5) is 0 Å². The molecule has 0 atom stereocenters. The summed E-state index contributed by atoms with van der Waals surface area (Å²) < 4.78 is 0. The van der Waals surface area contributed by atoms with Gasteiger partial charge in [-0.3, -0.25) is 0 Å². The van der Waals surface area contributed by atoms with E-state index in [9.17, 15) is 0 Å². The van der Waals surface area contributed by atoms with Crippen LogP contribution in [0.15, 0.2) is 18.3 Å². The third-order valence-electron chi connectivity index (χ3n) is 0.880. The first-order chi connectivity index (χ1) is 5.34. The van der Waals surface area contributed by atoms with Gasteiger partial charge in [-0.25, -0.2) is 4.98 Å². The maximum atomic E-state index is 8.34. The number of nitriles is 1. The van der Waals surface area contributed by atoms with Crippen molar-refractivity contribution in [1.82, 2.24) is 4.98 Å². The molecule has 0 aromatic carbocycles. The van der Waals surface area contributed by atoms with E-state index < -0.39 is 0 Å². The molecule has 0 aliphatic rings. The van der Waals surface area contributed by atoms with Gasteiger partial charge < -0.3 is 0 Å². The highest BCUT2D eigenvalue weighted by atomic mass is 35.5. The third-order valence-corrected chi connectivity index (χ3v) is 1.18. The standard InChI is InChI=1S/C6H3ClN2.C2H6/c7-6-5(4-8)2-1-3-9-6;1-2/h1-3H;1-2H3. The summed E-state index contributed by atoms with van der Waals surface area (Å²) in [4.78, 5) is 3.69.